The van der Waals surface area contributed by atoms with Gasteiger partial charge in [0, 0.05) is 5.92 Å². The Hall–Kier alpha value is -0.553. The zero-order chi connectivity index (χ0) is 19.5. The van der Waals surface area contributed by atoms with Crippen molar-refractivity contribution in [2.45, 2.75) is 106 Å². The molecule has 0 heterocycles. The van der Waals surface area contributed by atoms with Crippen molar-refractivity contribution >= 4 is 13.9 Å². The Bertz CT molecular complexity index is 511. The third-order valence-electron chi connectivity index (χ3n) is 6.05. The Kier molecular flexibility index (Phi) is 7.19. The van der Waals surface area contributed by atoms with Gasteiger partial charge in [-0.05, 0) is 54.6 Å². The van der Waals surface area contributed by atoms with Crippen LogP contribution in [0.1, 0.15) is 88.0 Å². The highest BCUT2D eigenvalue weighted by Crippen LogP contribution is 2.48. The maximum absolute atomic E-state index is 13.5. The predicted molar refractivity (Wildman–Crippen MR) is 113 cm³/mol. The van der Waals surface area contributed by atoms with Crippen molar-refractivity contribution in [2.75, 3.05) is 0 Å². The number of carbonyl (C=O) groups is 1. The van der Waals surface area contributed by atoms with Crippen LogP contribution in [0.15, 0.2) is 0 Å². The van der Waals surface area contributed by atoms with Crippen LogP contribution in [0.4, 0.5) is 0 Å². The van der Waals surface area contributed by atoms with Crippen molar-refractivity contribution in [3.05, 3.63) is 0 Å². The van der Waals surface area contributed by atoms with E-state index in [9.17, 15) is 4.79 Å². The molecule has 1 nitrogen and oxygen atoms in total. The van der Waals surface area contributed by atoms with E-state index < -0.39 is 8.07 Å². The lowest BCUT2D eigenvalue weighted by Crippen LogP contribution is -2.35. The van der Waals surface area contributed by atoms with Gasteiger partial charge in [0.25, 0.3) is 0 Å². The molecule has 1 aliphatic rings. The van der Waals surface area contributed by atoms with Gasteiger partial charge < -0.3 is 0 Å². The number of Topliss-reactive ketones (excluding diaryl/α,β-unsaturated/α-hetero) is 1. The number of ketones is 1. The van der Waals surface area contributed by atoms with E-state index >= 15 is 0 Å². The molecule has 144 valence electrons. The van der Waals surface area contributed by atoms with Crippen molar-refractivity contribution in [1.29, 1.82) is 0 Å². The molecule has 0 unspecified atom stereocenters. The highest BCUT2D eigenvalue weighted by molar-refractivity contribution is 6.87. The summed E-state index contributed by atoms with van der Waals surface area (Å²) in [4.78, 5) is 13.5. The molecule has 0 aliphatic heterocycles. The average Bonchev–Trinajstić information content (AvgIpc) is 2.76. The summed E-state index contributed by atoms with van der Waals surface area (Å²) in [6, 6.07) is 3.62. The molecule has 0 bridgehead atoms. The molecule has 0 radical (unpaired) electrons. The molecular formula is C23H42OSi. The van der Waals surface area contributed by atoms with Crippen LogP contribution in [0.5, 0.6) is 0 Å². The van der Waals surface area contributed by atoms with E-state index in [-0.39, 0.29) is 22.2 Å². The Morgan fingerprint density at radius 3 is 1.92 bits per heavy atom. The summed E-state index contributed by atoms with van der Waals surface area (Å²) >= 11 is 0. The van der Waals surface area contributed by atoms with Gasteiger partial charge in [-0.1, -0.05) is 68.2 Å². The quantitative estimate of drug-likeness (QED) is 0.385. The lowest BCUT2D eigenvalue weighted by Gasteiger charge is -2.32. The monoisotopic (exact) mass is 362 g/mol. The van der Waals surface area contributed by atoms with Gasteiger partial charge in [-0.3, -0.25) is 4.79 Å². The maximum Gasteiger partial charge on any atom is 0.153 e. The SMILES string of the molecule is CC[Si](C#C[C@]1(CC(C)(C)C)CC[C@H](CC(C)(C)C)C1=O)(CC)CC. The highest BCUT2D eigenvalue weighted by Gasteiger charge is 2.49. The van der Waals surface area contributed by atoms with Crippen molar-refractivity contribution < 1.29 is 4.79 Å². The van der Waals surface area contributed by atoms with Crippen LogP contribution in [0.3, 0.4) is 0 Å². The van der Waals surface area contributed by atoms with Gasteiger partial charge in [-0.15, -0.1) is 5.54 Å². The van der Waals surface area contributed by atoms with Crippen molar-refractivity contribution in [3.63, 3.8) is 0 Å². The molecule has 0 aromatic heterocycles. The first-order chi connectivity index (χ1) is 11.3. The molecule has 1 saturated carbocycles. The minimum atomic E-state index is -1.52. The summed E-state index contributed by atoms with van der Waals surface area (Å²) in [5.41, 5.74) is 3.73. The molecule has 0 aromatic rings. The fourth-order valence-corrected chi connectivity index (χ4v) is 7.05. The van der Waals surface area contributed by atoms with E-state index in [2.05, 4.69) is 73.8 Å². The number of carbonyl (C=O) groups excluding carboxylic acids is 1. The van der Waals surface area contributed by atoms with Crippen molar-refractivity contribution in [1.82, 2.24) is 0 Å². The summed E-state index contributed by atoms with van der Waals surface area (Å²) < 4.78 is 0. The molecule has 1 rings (SSSR count). The number of rotatable bonds is 5. The normalized spacial score (nSPS) is 25.0. The molecule has 2 atom stereocenters. The molecule has 1 aliphatic carbocycles. The fraction of sp³-hybridized carbons (Fsp3) is 0.870. The molecule has 0 saturated heterocycles. The fourth-order valence-electron chi connectivity index (χ4n) is 4.52. The predicted octanol–water partition coefficient (Wildman–Crippen LogP) is 6.88. The molecule has 2 heteroatoms. The van der Waals surface area contributed by atoms with Gasteiger partial charge >= 0.3 is 0 Å². The van der Waals surface area contributed by atoms with Crippen LogP contribution < -0.4 is 0 Å². The molecule has 0 spiro atoms. The first-order valence-corrected chi connectivity index (χ1v) is 13.0. The van der Waals surface area contributed by atoms with E-state index in [1.165, 1.54) is 18.1 Å². The molecular weight excluding hydrogens is 320 g/mol. The van der Waals surface area contributed by atoms with Crippen LogP contribution in [0.25, 0.3) is 0 Å². The average molecular weight is 363 g/mol. The summed E-state index contributed by atoms with van der Waals surface area (Å²) in [5, 5.41) is 0. The minimum Gasteiger partial charge on any atom is -0.298 e. The number of hydrogen-bond donors (Lipinski definition) is 0. The van der Waals surface area contributed by atoms with Crippen LogP contribution in [-0.4, -0.2) is 13.9 Å². The first-order valence-electron chi connectivity index (χ1n) is 10.4. The molecule has 0 aromatic carbocycles. The summed E-state index contributed by atoms with van der Waals surface area (Å²) in [6.45, 7) is 20.4. The van der Waals surface area contributed by atoms with Crippen LogP contribution in [0.2, 0.25) is 18.1 Å². The zero-order valence-electron chi connectivity index (χ0n) is 18.4. The van der Waals surface area contributed by atoms with Gasteiger partial charge in [0.15, 0.2) is 5.78 Å². The Labute approximate surface area is 158 Å². The van der Waals surface area contributed by atoms with Crippen LogP contribution in [-0.2, 0) is 4.79 Å². The zero-order valence-corrected chi connectivity index (χ0v) is 19.4. The second-order valence-corrected chi connectivity index (χ2v) is 15.7. The summed E-state index contributed by atoms with van der Waals surface area (Å²) in [5.74, 6) is 4.33. The smallest absolute Gasteiger partial charge is 0.153 e. The van der Waals surface area contributed by atoms with E-state index in [1.807, 2.05) is 0 Å². The molecule has 25 heavy (non-hydrogen) atoms. The van der Waals surface area contributed by atoms with Crippen molar-refractivity contribution in [2.24, 2.45) is 22.2 Å². The topological polar surface area (TPSA) is 17.1 Å². The highest BCUT2D eigenvalue weighted by atomic mass is 28.3. The Morgan fingerprint density at radius 1 is 1.00 bits per heavy atom. The minimum absolute atomic E-state index is 0.135. The van der Waals surface area contributed by atoms with Gasteiger partial charge in [0.05, 0.1) is 5.41 Å². The largest absolute Gasteiger partial charge is 0.298 e. The summed E-state index contributed by atoms with van der Waals surface area (Å²) in [7, 11) is -1.52. The van der Waals surface area contributed by atoms with Crippen LogP contribution in [0, 0.1) is 33.6 Å². The van der Waals surface area contributed by atoms with E-state index in [0.29, 0.717) is 5.78 Å². The van der Waals surface area contributed by atoms with Crippen molar-refractivity contribution in [3.8, 4) is 11.5 Å². The van der Waals surface area contributed by atoms with Gasteiger partial charge in [-0.25, -0.2) is 0 Å². The third kappa shape index (κ3) is 5.99. The van der Waals surface area contributed by atoms with E-state index in [0.717, 1.165) is 25.7 Å². The van der Waals surface area contributed by atoms with Gasteiger partial charge in [-0.2, -0.15) is 0 Å². The molecule has 1 fully saturated rings. The van der Waals surface area contributed by atoms with Gasteiger partial charge in [0.1, 0.15) is 8.07 Å². The van der Waals surface area contributed by atoms with E-state index in [1.54, 1.807) is 0 Å². The maximum atomic E-state index is 13.5. The lowest BCUT2D eigenvalue weighted by molar-refractivity contribution is -0.128. The lowest BCUT2D eigenvalue weighted by atomic mass is 9.71. The van der Waals surface area contributed by atoms with E-state index in [4.69, 9.17) is 0 Å². The first kappa shape index (κ1) is 22.5. The second kappa shape index (κ2) is 7.99. The Balaban J connectivity index is 3.25. The molecule has 0 amide bonds. The standard InChI is InChI=1S/C23H42OSi/c1-10-25(11-2,12-3)16-15-23(18-22(7,8)9)14-13-19(20(23)24)17-21(4,5)6/h19H,10-14,17-18H2,1-9H3/t19-,23+/m1/s1. The van der Waals surface area contributed by atoms with Gasteiger partial charge in [0.2, 0.25) is 0 Å². The number of hydrogen-bond acceptors (Lipinski definition) is 1. The third-order valence-corrected chi connectivity index (χ3v) is 10.8. The van der Waals surface area contributed by atoms with Crippen LogP contribution >= 0.6 is 0 Å². The Morgan fingerprint density at radius 2 is 1.52 bits per heavy atom. The second-order valence-electron chi connectivity index (χ2n) is 10.8. The molecule has 0 N–H and O–H groups in total. The summed E-state index contributed by atoms with van der Waals surface area (Å²) in [6.07, 6.45) is 3.91.